The summed E-state index contributed by atoms with van der Waals surface area (Å²) in [5.74, 6) is -0.359. The molecule has 0 amide bonds. The highest BCUT2D eigenvalue weighted by Crippen LogP contribution is 2.41. The zero-order valence-electron chi connectivity index (χ0n) is 11.6. The van der Waals surface area contributed by atoms with E-state index in [-0.39, 0.29) is 5.92 Å². The molecule has 0 N–H and O–H groups in total. The highest BCUT2D eigenvalue weighted by Gasteiger charge is 2.39. The summed E-state index contributed by atoms with van der Waals surface area (Å²) in [6, 6.07) is 6.96. The average molecular weight is 269 g/mol. The predicted octanol–water partition coefficient (Wildman–Crippen LogP) is 3.18. The minimum absolute atomic E-state index is 0.0855. The molecule has 0 radical (unpaired) electrons. The Morgan fingerprint density at radius 2 is 2.20 bits per heavy atom. The zero-order chi connectivity index (χ0) is 14.8. The molecule has 1 aromatic carbocycles. The van der Waals surface area contributed by atoms with Crippen LogP contribution in [-0.4, -0.2) is 13.1 Å². The van der Waals surface area contributed by atoms with Crippen LogP contribution in [0.5, 0.6) is 0 Å². The second kappa shape index (κ2) is 5.25. The second-order valence-corrected chi connectivity index (χ2v) is 4.88. The van der Waals surface area contributed by atoms with Gasteiger partial charge in [0.1, 0.15) is 5.54 Å². The number of carbonyl (C=O) groups is 1. The number of nitriles is 1. The molecular formula is C15H15N3O2. The van der Waals surface area contributed by atoms with Crippen molar-refractivity contribution in [2.75, 3.05) is 7.11 Å². The molecule has 1 heterocycles. The van der Waals surface area contributed by atoms with Crippen molar-refractivity contribution in [3.8, 4) is 6.07 Å². The Bertz CT molecular complexity index is 627. The maximum Gasteiger partial charge on any atom is 0.338 e. The molecule has 1 unspecified atom stereocenters. The summed E-state index contributed by atoms with van der Waals surface area (Å²) in [4.78, 5) is 12.0. The van der Waals surface area contributed by atoms with Gasteiger partial charge < -0.3 is 4.74 Å². The van der Waals surface area contributed by atoms with E-state index in [4.69, 9.17) is 10.00 Å². The molecule has 0 bridgehead atoms. The molecule has 0 aromatic heterocycles. The van der Waals surface area contributed by atoms with Crippen LogP contribution in [0.25, 0.3) is 0 Å². The highest BCUT2D eigenvalue weighted by atomic mass is 16.5. The summed E-state index contributed by atoms with van der Waals surface area (Å²) < 4.78 is 4.82. The van der Waals surface area contributed by atoms with Crippen LogP contribution in [0.3, 0.4) is 0 Å². The Morgan fingerprint density at radius 3 is 2.70 bits per heavy atom. The van der Waals surface area contributed by atoms with E-state index >= 15 is 0 Å². The van der Waals surface area contributed by atoms with Crippen molar-refractivity contribution >= 4 is 5.97 Å². The van der Waals surface area contributed by atoms with Crippen LogP contribution in [0.1, 0.15) is 35.3 Å². The van der Waals surface area contributed by atoms with Crippen LogP contribution < -0.4 is 0 Å². The molecule has 1 aromatic rings. The van der Waals surface area contributed by atoms with Gasteiger partial charge in [-0.3, -0.25) is 0 Å². The number of ether oxygens (including phenoxy) is 1. The Labute approximate surface area is 117 Å². The first kappa shape index (κ1) is 13.9. The normalized spacial score (nSPS) is 20.1. The first-order chi connectivity index (χ1) is 9.55. The third kappa shape index (κ3) is 2.10. The van der Waals surface area contributed by atoms with E-state index in [1.54, 1.807) is 24.4 Å². The summed E-state index contributed by atoms with van der Waals surface area (Å²) >= 11 is 0. The van der Waals surface area contributed by atoms with Gasteiger partial charge in [-0.25, -0.2) is 4.79 Å². The topological polar surface area (TPSA) is 74.8 Å². The molecule has 102 valence electrons. The van der Waals surface area contributed by atoms with Crippen molar-refractivity contribution in [3.63, 3.8) is 0 Å². The fourth-order valence-corrected chi connectivity index (χ4v) is 2.30. The Hall–Kier alpha value is -2.48. The van der Waals surface area contributed by atoms with Crippen LogP contribution in [-0.2, 0) is 10.3 Å². The lowest BCUT2D eigenvalue weighted by atomic mass is 9.78. The lowest BCUT2D eigenvalue weighted by molar-refractivity contribution is 0.0597. The van der Waals surface area contributed by atoms with Gasteiger partial charge in [0, 0.05) is 11.8 Å². The van der Waals surface area contributed by atoms with E-state index in [2.05, 4.69) is 16.3 Å². The predicted molar refractivity (Wildman–Crippen MR) is 73.0 cm³/mol. The van der Waals surface area contributed by atoms with Crippen molar-refractivity contribution in [3.05, 3.63) is 47.2 Å². The number of hydrogen-bond acceptors (Lipinski definition) is 5. The van der Waals surface area contributed by atoms with Gasteiger partial charge in [-0.15, -0.1) is 0 Å². The van der Waals surface area contributed by atoms with E-state index < -0.39 is 11.5 Å². The lowest BCUT2D eigenvalue weighted by Gasteiger charge is -2.29. The van der Waals surface area contributed by atoms with Gasteiger partial charge in [0.05, 0.1) is 24.3 Å². The second-order valence-electron chi connectivity index (χ2n) is 4.88. The van der Waals surface area contributed by atoms with Crippen LogP contribution >= 0.6 is 0 Å². The van der Waals surface area contributed by atoms with Crippen LogP contribution in [0.4, 0.5) is 0 Å². The standard InChI is InChI=1S/C15H15N3O2/c1-10(2)15(6-7-17-18-15)13-8-11(9-16)4-5-12(13)14(19)20-3/h4-8,10H,1-3H3. The van der Waals surface area contributed by atoms with Gasteiger partial charge in [0.25, 0.3) is 0 Å². The van der Waals surface area contributed by atoms with E-state index in [1.807, 2.05) is 19.9 Å². The molecular weight excluding hydrogens is 254 g/mol. The quantitative estimate of drug-likeness (QED) is 0.791. The summed E-state index contributed by atoms with van der Waals surface area (Å²) in [5.41, 5.74) is 0.806. The van der Waals surface area contributed by atoms with Crippen molar-refractivity contribution < 1.29 is 9.53 Å². The van der Waals surface area contributed by atoms with Crippen LogP contribution in [0.15, 0.2) is 40.7 Å². The zero-order valence-corrected chi connectivity index (χ0v) is 11.6. The van der Waals surface area contributed by atoms with Gasteiger partial charge in [0.15, 0.2) is 0 Å². The number of carbonyl (C=O) groups excluding carboxylic acids is 1. The molecule has 2 rings (SSSR count). The maximum atomic E-state index is 12.0. The Kier molecular flexibility index (Phi) is 3.66. The van der Waals surface area contributed by atoms with Gasteiger partial charge in [-0.05, 0) is 30.2 Å². The van der Waals surface area contributed by atoms with Gasteiger partial charge in [-0.2, -0.15) is 15.5 Å². The minimum atomic E-state index is -0.726. The van der Waals surface area contributed by atoms with Gasteiger partial charge in [-0.1, -0.05) is 13.8 Å². The molecule has 0 aliphatic carbocycles. The molecule has 5 nitrogen and oxygen atoms in total. The van der Waals surface area contributed by atoms with Gasteiger partial charge in [0.2, 0.25) is 0 Å². The van der Waals surface area contributed by atoms with Crippen molar-refractivity contribution in [2.45, 2.75) is 19.4 Å². The number of nitrogens with zero attached hydrogens (tertiary/aromatic N) is 3. The van der Waals surface area contributed by atoms with E-state index in [0.29, 0.717) is 16.7 Å². The van der Waals surface area contributed by atoms with E-state index in [9.17, 15) is 4.79 Å². The summed E-state index contributed by atoms with van der Waals surface area (Å²) in [6.07, 6.45) is 3.46. The largest absolute Gasteiger partial charge is 0.465 e. The number of methoxy groups -OCH3 is 1. The smallest absolute Gasteiger partial charge is 0.338 e. The molecule has 5 heteroatoms. The van der Waals surface area contributed by atoms with E-state index in [0.717, 1.165) is 0 Å². The molecule has 1 aliphatic rings. The van der Waals surface area contributed by atoms with Gasteiger partial charge >= 0.3 is 5.97 Å². The number of hydrogen-bond donors (Lipinski definition) is 0. The summed E-state index contributed by atoms with van der Waals surface area (Å²) in [6.45, 7) is 3.99. The molecule has 20 heavy (non-hydrogen) atoms. The number of esters is 1. The fraction of sp³-hybridized carbons (Fsp3) is 0.333. The monoisotopic (exact) mass is 269 g/mol. The minimum Gasteiger partial charge on any atom is -0.465 e. The Morgan fingerprint density at radius 1 is 1.45 bits per heavy atom. The van der Waals surface area contributed by atoms with Crippen molar-refractivity contribution in [1.29, 1.82) is 5.26 Å². The SMILES string of the molecule is COC(=O)c1ccc(C#N)cc1C1(C(C)C)C=CN=N1. The average Bonchev–Trinajstić information content (AvgIpc) is 2.96. The Balaban J connectivity index is 2.70. The lowest BCUT2D eigenvalue weighted by Crippen LogP contribution is -2.29. The fourth-order valence-electron chi connectivity index (χ4n) is 2.30. The molecule has 0 fully saturated rings. The van der Waals surface area contributed by atoms with E-state index in [1.165, 1.54) is 7.11 Å². The highest BCUT2D eigenvalue weighted by molar-refractivity contribution is 5.92. The van der Waals surface area contributed by atoms with Crippen molar-refractivity contribution in [2.24, 2.45) is 16.1 Å². The van der Waals surface area contributed by atoms with Crippen molar-refractivity contribution in [1.82, 2.24) is 0 Å². The molecule has 1 aliphatic heterocycles. The summed E-state index contributed by atoms with van der Waals surface area (Å²) in [7, 11) is 1.33. The number of azo groups is 1. The number of benzene rings is 1. The first-order valence-corrected chi connectivity index (χ1v) is 6.28. The molecule has 0 saturated carbocycles. The molecule has 0 saturated heterocycles. The third-order valence-corrected chi connectivity index (χ3v) is 3.48. The maximum absolute atomic E-state index is 12.0. The molecule has 1 atom stereocenters. The van der Waals surface area contributed by atoms with Crippen LogP contribution in [0, 0.1) is 17.2 Å². The first-order valence-electron chi connectivity index (χ1n) is 6.28. The third-order valence-electron chi connectivity index (χ3n) is 3.48. The molecule has 0 spiro atoms. The van der Waals surface area contributed by atoms with Crippen LogP contribution in [0.2, 0.25) is 0 Å². The number of rotatable bonds is 3. The summed E-state index contributed by atoms with van der Waals surface area (Å²) in [5, 5.41) is 17.3.